The predicted molar refractivity (Wildman–Crippen MR) is 147 cm³/mol. The van der Waals surface area contributed by atoms with Crippen LogP contribution in [0.5, 0.6) is 11.5 Å². The summed E-state index contributed by atoms with van der Waals surface area (Å²) in [6, 6.07) is 21.4. The summed E-state index contributed by atoms with van der Waals surface area (Å²) < 4.78 is 16.9. The lowest BCUT2D eigenvalue weighted by Gasteiger charge is -2.13. The molecule has 0 radical (unpaired) electrons. The maximum absolute atomic E-state index is 13.0. The van der Waals surface area contributed by atoms with Crippen molar-refractivity contribution in [3.8, 4) is 22.6 Å². The van der Waals surface area contributed by atoms with Gasteiger partial charge in [-0.25, -0.2) is 4.79 Å². The Kier molecular flexibility index (Phi) is 11.8. The van der Waals surface area contributed by atoms with Crippen LogP contribution in [0.3, 0.4) is 0 Å². The average Bonchev–Trinajstić information content (AvgIpc) is 2.97. The fraction of sp³-hybridized carbons (Fsp3) is 0.276. The molecule has 0 fully saturated rings. The summed E-state index contributed by atoms with van der Waals surface area (Å²) in [6.07, 6.45) is 0. The van der Waals surface area contributed by atoms with Crippen LogP contribution in [0.1, 0.15) is 15.9 Å². The zero-order valence-corrected chi connectivity index (χ0v) is 21.9. The SMILES string of the molecule is CNCCNC(=O)COc1cc(C(=O)OCc2ccccc2)cc(-c2cccc(OCC(=O)NCCN)c2)c1. The summed E-state index contributed by atoms with van der Waals surface area (Å²) in [6.45, 7) is 1.54. The first-order valence-corrected chi connectivity index (χ1v) is 12.6. The maximum Gasteiger partial charge on any atom is 0.338 e. The molecule has 3 rings (SSSR count). The third-order valence-corrected chi connectivity index (χ3v) is 5.43. The van der Waals surface area contributed by atoms with Gasteiger partial charge in [-0.1, -0.05) is 42.5 Å². The molecule has 10 nitrogen and oxygen atoms in total. The van der Waals surface area contributed by atoms with Crippen molar-refractivity contribution in [1.82, 2.24) is 16.0 Å². The molecular formula is C29H34N4O6. The number of hydrogen-bond donors (Lipinski definition) is 4. The Bertz CT molecular complexity index is 1240. The van der Waals surface area contributed by atoms with Gasteiger partial charge in [-0.3, -0.25) is 9.59 Å². The van der Waals surface area contributed by atoms with E-state index in [1.807, 2.05) is 36.4 Å². The smallest absolute Gasteiger partial charge is 0.338 e. The summed E-state index contributed by atoms with van der Waals surface area (Å²) in [5.74, 6) is -0.299. The van der Waals surface area contributed by atoms with Crippen LogP contribution in [0.2, 0.25) is 0 Å². The summed E-state index contributed by atoms with van der Waals surface area (Å²) in [5.41, 5.74) is 7.89. The molecule has 0 saturated heterocycles. The van der Waals surface area contributed by atoms with E-state index < -0.39 is 5.97 Å². The summed E-state index contributed by atoms with van der Waals surface area (Å²) in [7, 11) is 1.79. The number of likely N-dealkylation sites (N-methyl/N-ethyl adjacent to an activating group) is 1. The number of esters is 1. The van der Waals surface area contributed by atoms with Gasteiger partial charge in [-0.15, -0.1) is 0 Å². The number of carbonyl (C=O) groups excluding carboxylic acids is 3. The second-order valence-corrected chi connectivity index (χ2v) is 8.51. The second kappa shape index (κ2) is 15.8. The van der Waals surface area contributed by atoms with E-state index in [0.717, 1.165) is 11.1 Å². The maximum atomic E-state index is 13.0. The largest absolute Gasteiger partial charge is 0.484 e. The van der Waals surface area contributed by atoms with E-state index in [9.17, 15) is 14.4 Å². The van der Waals surface area contributed by atoms with Crippen molar-refractivity contribution in [3.05, 3.63) is 83.9 Å². The molecule has 0 spiro atoms. The molecule has 0 aliphatic rings. The standard InChI is InChI=1S/C29H34N4O6/c1-31-12-13-33-28(35)20-38-26-16-23(14-24(17-26)29(36)39-18-21-6-3-2-4-7-21)22-8-5-9-25(15-22)37-19-27(34)32-11-10-30/h2-9,14-17,31H,10-13,18-20,30H2,1H3,(H,32,34)(H,33,35). The quantitative estimate of drug-likeness (QED) is 0.171. The first-order valence-electron chi connectivity index (χ1n) is 12.6. The van der Waals surface area contributed by atoms with Gasteiger partial charge in [0.05, 0.1) is 5.56 Å². The molecule has 3 aromatic carbocycles. The lowest BCUT2D eigenvalue weighted by atomic mass is 10.0. The minimum atomic E-state index is -0.534. The Labute approximate surface area is 227 Å². The molecule has 0 aliphatic heterocycles. The minimum absolute atomic E-state index is 0.115. The van der Waals surface area contributed by atoms with E-state index in [0.29, 0.717) is 43.2 Å². The van der Waals surface area contributed by atoms with Crippen molar-refractivity contribution in [3.63, 3.8) is 0 Å². The minimum Gasteiger partial charge on any atom is -0.484 e. The molecule has 206 valence electrons. The van der Waals surface area contributed by atoms with Crippen LogP contribution in [0.4, 0.5) is 0 Å². The number of hydrogen-bond acceptors (Lipinski definition) is 8. The van der Waals surface area contributed by atoms with Crippen molar-refractivity contribution in [2.24, 2.45) is 5.73 Å². The van der Waals surface area contributed by atoms with Crippen LogP contribution in [0.15, 0.2) is 72.8 Å². The zero-order chi connectivity index (χ0) is 27.9. The van der Waals surface area contributed by atoms with Crippen molar-refractivity contribution in [1.29, 1.82) is 0 Å². The Morgan fingerprint density at radius 1 is 0.744 bits per heavy atom. The van der Waals surface area contributed by atoms with Gasteiger partial charge in [0.2, 0.25) is 0 Å². The van der Waals surface area contributed by atoms with E-state index in [1.54, 1.807) is 43.4 Å². The molecule has 3 aromatic rings. The molecule has 0 atom stereocenters. The Hall–Kier alpha value is -4.41. The average molecular weight is 535 g/mol. The molecule has 39 heavy (non-hydrogen) atoms. The van der Waals surface area contributed by atoms with Gasteiger partial charge < -0.3 is 35.9 Å². The lowest BCUT2D eigenvalue weighted by molar-refractivity contribution is -0.123. The fourth-order valence-corrected chi connectivity index (χ4v) is 3.48. The van der Waals surface area contributed by atoms with Gasteiger partial charge in [0, 0.05) is 26.2 Å². The lowest BCUT2D eigenvalue weighted by Crippen LogP contribution is -2.33. The van der Waals surface area contributed by atoms with E-state index in [2.05, 4.69) is 16.0 Å². The van der Waals surface area contributed by atoms with Crippen LogP contribution in [-0.2, 0) is 20.9 Å². The highest BCUT2D eigenvalue weighted by Gasteiger charge is 2.14. The van der Waals surface area contributed by atoms with E-state index in [1.165, 1.54) is 0 Å². The molecule has 2 amide bonds. The van der Waals surface area contributed by atoms with Gasteiger partial charge in [-0.05, 0) is 54.1 Å². The summed E-state index contributed by atoms with van der Waals surface area (Å²) in [4.78, 5) is 37.0. The van der Waals surface area contributed by atoms with Gasteiger partial charge in [0.15, 0.2) is 13.2 Å². The van der Waals surface area contributed by atoms with E-state index in [-0.39, 0.29) is 37.2 Å². The molecule has 5 N–H and O–H groups in total. The van der Waals surface area contributed by atoms with E-state index >= 15 is 0 Å². The third-order valence-electron chi connectivity index (χ3n) is 5.43. The van der Waals surface area contributed by atoms with E-state index in [4.69, 9.17) is 19.9 Å². The normalized spacial score (nSPS) is 10.4. The monoisotopic (exact) mass is 534 g/mol. The summed E-state index contributed by atoms with van der Waals surface area (Å²) >= 11 is 0. The van der Waals surface area contributed by atoms with Gasteiger partial charge >= 0.3 is 5.97 Å². The Morgan fingerprint density at radius 2 is 1.44 bits per heavy atom. The van der Waals surface area contributed by atoms with Crippen LogP contribution < -0.4 is 31.2 Å². The molecule has 0 bridgehead atoms. The Balaban J connectivity index is 1.78. The van der Waals surface area contributed by atoms with Crippen molar-refractivity contribution in [2.45, 2.75) is 6.61 Å². The number of nitrogens with one attached hydrogen (secondary N) is 3. The second-order valence-electron chi connectivity index (χ2n) is 8.51. The van der Waals surface area contributed by atoms with Gasteiger partial charge in [0.1, 0.15) is 18.1 Å². The third kappa shape index (κ3) is 10.1. The van der Waals surface area contributed by atoms with Crippen LogP contribution in [0, 0.1) is 0 Å². The number of nitrogens with two attached hydrogens (primary N) is 1. The molecule has 0 heterocycles. The van der Waals surface area contributed by atoms with Crippen molar-refractivity contribution in [2.75, 3.05) is 46.4 Å². The van der Waals surface area contributed by atoms with Crippen molar-refractivity contribution < 1.29 is 28.6 Å². The fourth-order valence-electron chi connectivity index (χ4n) is 3.48. The number of rotatable bonds is 15. The predicted octanol–water partition coefficient (Wildman–Crippen LogP) is 1.88. The highest BCUT2D eigenvalue weighted by Crippen LogP contribution is 2.29. The first-order chi connectivity index (χ1) is 19.0. The van der Waals surface area contributed by atoms with Crippen molar-refractivity contribution >= 4 is 17.8 Å². The first kappa shape index (κ1) is 29.2. The molecule has 0 unspecified atom stereocenters. The Morgan fingerprint density at radius 3 is 2.15 bits per heavy atom. The topological polar surface area (TPSA) is 141 Å². The van der Waals surface area contributed by atoms with Gasteiger partial charge in [0.25, 0.3) is 11.8 Å². The highest BCUT2D eigenvalue weighted by atomic mass is 16.5. The van der Waals surface area contributed by atoms with Crippen LogP contribution in [0.25, 0.3) is 11.1 Å². The summed E-state index contributed by atoms with van der Waals surface area (Å²) in [5, 5.41) is 8.34. The zero-order valence-electron chi connectivity index (χ0n) is 21.9. The number of amides is 2. The molecule has 10 heteroatoms. The van der Waals surface area contributed by atoms with Crippen LogP contribution in [-0.4, -0.2) is 64.2 Å². The molecule has 0 aliphatic carbocycles. The number of benzene rings is 3. The van der Waals surface area contributed by atoms with Crippen LogP contribution >= 0.6 is 0 Å². The number of carbonyl (C=O) groups is 3. The molecular weight excluding hydrogens is 500 g/mol. The van der Waals surface area contributed by atoms with Gasteiger partial charge in [-0.2, -0.15) is 0 Å². The highest BCUT2D eigenvalue weighted by molar-refractivity contribution is 5.92. The molecule has 0 aromatic heterocycles. The molecule has 0 saturated carbocycles. The number of ether oxygens (including phenoxy) is 3.